The molecular weight excluding hydrogens is 301 g/mol. The lowest BCUT2D eigenvalue weighted by Gasteiger charge is -2.18. The highest BCUT2D eigenvalue weighted by Gasteiger charge is 2.15. The molecule has 0 saturated carbocycles. The second kappa shape index (κ2) is 6.49. The highest BCUT2D eigenvalue weighted by Crippen LogP contribution is 2.26. The Balaban J connectivity index is 2.81. The van der Waals surface area contributed by atoms with Gasteiger partial charge in [-0.2, -0.15) is 0 Å². The Kier molecular flexibility index (Phi) is 5.61. The molecule has 3 N–H and O–H groups in total. The summed E-state index contributed by atoms with van der Waals surface area (Å²) in [5.41, 5.74) is 6.25. The van der Waals surface area contributed by atoms with Crippen LogP contribution >= 0.6 is 27.5 Å². The zero-order valence-corrected chi connectivity index (χ0v) is 10.7. The van der Waals surface area contributed by atoms with E-state index in [4.69, 9.17) is 17.3 Å². The van der Waals surface area contributed by atoms with Crippen LogP contribution in [0.4, 0.5) is 8.78 Å². The standard InChI is InChI=1S/C10H12BrClF2N2/c11-6-1-2-8(12)7(3-6)9(4-15)16-5-10(13)14/h1-3,9-10,16H,4-5,15H2. The van der Waals surface area contributed by atoms with E-state index < -0.39 is 13.0 Å². The molecule has 0 amide bonds. The molecule has 2 nitrogen and oxygen atoms in total. The van der Waals surface area contributed by atoms with E-state index in [9.17, 15) is 8.78 Å². The van der Waals surface area contributed by atoms with Gasteiger partial charge >= 0.3 is 0 Å². The third-order valence-corrected chi connectivity index (χ3v) is 2.93. The van der Waals surface area contributed by atoms with Gasteiger partial charge in [0.05, 0.1) is 6.54 Å². The summed E-state index contributed by atoms with van der Waals surface area (Å²) < 4.78 is 25.0. The quantitative estimate of drug-likeness (QED) is 0.877. The van der Waals surface area contributed by atoms with Crippen LogP contribution in [0.25, 0.3) is 0 Å². The van der Waals surface area contributed by atoms with Crippen molar-refractivity contribution in [3.05, 3.63) is 33.3 Å². The van der Waals surface area contributed by atoms with Crippen LogP contribution < -0.4 is 11.1 Å². The van der Waals surface area contributed by atoms with Crippen molar-refractivity contribution in [2.75, 3.05) is 13.1 Å². The van der Waals surface area contributed by atoms with E-state index in [2.05, 4.69) is 21.2 Å². The maximum Gasteiger partial charge on any atom is 0.250 e. The van der Waals surface area contributed by atoms with Gasteiger partial charge in [0.25, 0.3) is 6.43 Å². The van der Waals surface area contributed by atoms with Crippen molar-refractivity contribution in [3.8, 4) is 0 Å². The number of nitrogens with two attached hydrogens (primary N) is 1. The molecule has 0 radical (unpaired) electrons. The lowest BCUT2D eigenvalue weighted by atomic mass is 10.1. The van der Waals surface area contributed by atoms with Crippen LogP contribution in [0.15, 0.2) is 22.7 Å². The van der Waals surface area contributed by atoms with Crippen molar-refractivity contribution in [2.24, 2.45) is 5.73 Å². The van der Waals surface area contributed by atoms with Crippen molar-refractivity contribution in [1.29, 1.82) is 0 Å². The second-order valence-electron chi connectivity index (χ2n) is 3.25. The summed E-state index contributed by atoms with van der Waals surface area (Å²) in [6, 6.07) is 4.90. The number of halogens is 4. The van der Waals surface area contributed by atoms with Gasteiger partial charge in [-0.1, -0.05) is 27.5 Å². The first-order valence-corrected chi connectivity index (χ1v) is 5.88. The molecule has 0 aromatic heterocycles. The molecule has 0 aliphatic heterocycles. The number of hydrogen-bond donors (Lipinski definition) is 2. The Morgan fingerprint density at radius 3 is 2.69 bits per heavy atom. The smallest absolute Gasteiger partial charge is 0.250 e. The van der Waals surface area contributed by atoms with Gasteiger partial charge in [-0.15, -0.1) is 0 Å². The molecule has 0 aliphatic rings. The summed E-state index contributed by atoms with van der Waals surface area (Å²) in [6.45, 7) is -0.187. The Hall–Kier alpha value is -0.230. The van der Waals surface area contributed by atoms with E-state index in [1.807, 2.05) is 0 Å². The largest absolute Gasteiger partial charge is 0.329 e. The number of nitrogens with one attached hydrogen (secondary N) is 1. The minimum absolute atomic E-state index is 0.211. The van der Waals surface area contributed by atoms with Gasteiger partial charge in [0.2, 0.25) is 0 Å². The Morgan fingerprint density at radius 1 is 1.44 bits per heavy atom. The van der Waals surface area contributed by atoms with Crippen LogP contribution in [-0.4, -0.2) is 19.5 Å². The van der Waals surface area contributed by atoms with Gasteiger partial charge < -0.3 is 11.1 Å². The van der Waals surface area contributed by atoms with Crippen molar-refractivity contribution >= 4 is 27.5 Å². The van der Waals surface area contributed by atoms with E-state index in [1.165, 1.54) is 0 Å². The summed E-state index contributed by atoms with van der Waals surface area (Å²) >= 11 is 9.28. The van der Waals surface area contributed by atoms with E-state index in [0.29, 0.717) is 5.02 Å². The van der Waals surface area contributed by atoms with Crippen LogP contribution in [0.1, 0.15) is 11.6 Å². The average Bonchev–Trinajstić information content (AvgIpc) is 2.23. The van der Waals surface area contributed by atoms with Gasteiger partial charge in [0.1, 0.15) is 0 Å². The van der Waals surface area contributed by atoms with Gasteiger partial charge in [-0.3, -0.25) is 0 Å². The van der Waals surface area contributed by atoms with E-state index in [1.54, 1.807) is 18.2 Å². The number of alkyl halides is 2. The molecule has 16 heavy (non-hydrogen) atoms. The third-order valence-electron chi connectivity index (χ3n) is 2.09. The number of rotatable bonds is 5. The molecule has 0 fully saturated rings. The molecule has 90 valence electrons. The molecule has 6 heteroatoms. The molecule has 0 saturated heterocycles. The zero-order chi connectivity index (χ0) is 12.1. The predicted octanol–water partition coefficient (Wildman–Crippen LogP) is 2.96. The van der Waals surface area contributed by atoms with Crippen molar-refractivity contribution in [3.63, 3.8) is 0 Å². The number of hydrogen-bond acceptors (Lipinski definition) is 2. The highest BCUT2D eigenvalue weighted by molar-refractivity contribution is 9.10. The first-order chi connectivity index (χ1) is 7.54. The monoisotopic (exact) mass is 312 g/mol. The fraction of sp³-hybridized carbons (Fsp3) is 0.400. The Bertz CT molecular complexity index is 350. The maximum absolute atomic E-state index is 12.1. The molecule has 1 atom stereocenters. The molecule has 0 heterocycles. The molecular formula is C10H12BrClF2N2. The maximum atomic E-state index is 12.1. The summed E-state index contributed by atoms with van der Waals surface area (Å²) in [5.74, 6) is 0. The number of benzene rings is 1. The first-order valence-electron chi connectivity index (χ1n) is 4.71. The van der Waals surface area contributed by atoms with Crippen LogP contribution in [0.5, 0.6) is 0 Å². The SMILES string of the molecule is NCC(NCC(F)F)c1cc(Br)ccc1Cl. The van der Waals surface area contributed by atoms with Crippen molar-refractivity contribution in [2.45, 2.75) is 12.5 Å². The summed E-state index contributed by atoms with van der Waals surface area (Å²) in [7, 11) is 0. The highest BCUT2D eigenvalue weighted by atomic mass is 79.9. The fourth-order valence-electron chi connectivity index (χ4n) is 1.33. The molecule has 1 aromatic rings. The van der Waals surface area contributed by atoms with Gasteiger partial charge in [-0.05, 0) is 23.8 Å². The van der Waals surface area contributed by atoms with E-state index >= 15 is 0 Å². The minimum Gasteiger partial charge on any atom is -0.329 e. The third kappa shape index (κ3) is 3.97. The summed E-state index contributed by atoms with van der Waals surface area (Å²) in [4.78, 5) is 0. The molecule has 1 rings (SSSR count). The normalized spacial score (nSPS) is 13.1. The molecule has 0 bridgehead atoms. The lowest BCUT2D eigenvalue weighted by molar-refractivity contribution is 0.141. The van der Waals surface area contributed by atoms with Gasteiger partial charge in [0.15, 0.2) is 0 Å². The Labute approximate surface area is 106 Å². The van der Waals surface area contributed by atoms with Crippen molar-refractivity contribution in [1.82, 2.24) is 5.32 Å². The second-order valence-corrected chi connectivity index (χ2v) is 4.58. The molecule has 1 unspecified atom stereocenters. The van der Waals surface area contributed by atoms with E-state index in [0.717, 1.165) is 10.0 Å². The Morgan fingerprint density at radius 2 is 2.12 bits per heavy atom. The lowest BCUT2D eigenvalue weighted by Crippen LogP contribution is -2.32. The summed E-state index contributed by atoms with van der Waals surface area (Å²) in [6.07, 6.45) is -2.40. The summed E-state index contributed by atoms with van der Waals surface area (Å²) in [5, 5.41) is 3.19. The zero-order valence-electron chi connectivity index (χ0n) is 8.39. The van der Waals surface area contributed by atoms with Crippen LogP contribution in [0, 0.1) is 0 Å². The van der Waals surface area contributed by atoms with Crippen LogP contribution in [-0.2, 0) is 0 Å². The first kappa shape index (κ1) is 13.8. The topological polar surface area (TPSA) is 38.0 Å². The average molecular weight is 314 g/mol. The van der Waals surface area contributed by atoms with E-state index in [-0.39, 0.29) is 12.6 Å². The molecule has 1 aromatic carbocycles. The van der Waals surface area contributed by atoms with Gasteiger partial charge in [-0.25, -0.2) is 8.78 Å². The molecule has 0 aliphatic carbocycles. The molecule has 0 spiro atoms. The van der Waals surface area contributed by atoms with Crippen LogP contribution in [0.3, 0.4) is 0 Å². The van der Waals surface area contributed by atoms with Gasteiger partial charge in [0, 0.05) is 22.1 Å². The van der Waals surface area contributed by atoms with Crippen LogP contribution in [0.2, 0.25) is 5.02 Å². The van der Waals surface area contributed by atoms with Crippen molar-refractivity contribution < 1.29 is 8.78 Å². The minimum atomic E-state index is -2.40. The predicted molar refractivity (Wildman–Crippen MR) is 65.0 cm³/mol. The fourth-order valence-corrected chi connectivity index (χ4v) is 1.96.